The minimum Gasteiger partial charge on any atom is -0.496 e. The number of methoxy groups -OCH3 is 1. The second-order valence-corrected chi connectivity index (χ2v) is 7.11. The van der Waals surface area contributed by atoms with E-state index in [1.807, 2.05) is 6.92 Å². The Morgan fingerprint density at radius 3 is 2.33 bits per heavy atom. The molecule has 6 nitrogen and oxygen atoms in total. The Bertz CT molecular complexity index is 1050. The first-order valence-corrected chi connectivity index (χ1v) is 10.1. The predicted molar refractivity (Wildman–Crippen MR) is 121 cm³/mol. The Morgan fingerprint density at radius 1 is 0.933 bits per heavy atom. The Labute approximate surface area is 183 Å². The van der Waals surface area contributed by atoms with Crippen molar-refractivity contribution in [3.63, 3.8) is 0 Å². The second-order valence-electron chi connectivity index (χ2n) is 6.26. The monoisotopic (exact) mass is 468 g/mol. The zero-order chi connectivity index (χ0) is 21.5. The fourth-order valence-corrected chi connectivity index (χ4v) is 3.33. The van der Waals surface area contributed by atoms with Crippen LogP contribution in [0.15, 0.2) is 71.2 Å². The van der Waals surface area contributed by atoms with Gasteiger partial charge >= 0.3 is 0 Å². The fourth-order valence-electron chi connectivity index (χ4n) is 2.79. The average molecular weight is 469 g/mol. The first-order chi connectivity index (χ1) is 14.5. The van der Waals surface area contributed by atoms with Gasteiger partial charge in [-0.1, -0.05) is 12.1 Å². The van der Waals surface area contributed by atoms with Crippen molar-refractivity contribution in [3.8, 4) is 11.5 Å². The molecule has 30 heavy (non-hydrogen) atoms. The Balaban J connectivity index is 1.75. The standard InChI is InChI=1S/C23H21BrN2O4/c1-3-30-17-11-9-16(10-12-17)25-23(28)18-6-4-5-7-20(18)26-22(27)15-8-13-21(29-2)19(24)14-15/h4-14H,3H2,1-2H3,(H,25,28)(H,26,27). The molecule has 0 saturated carbocycles. The number of halogens is 1. The summed E-state index contributed by atoms with van der Waals surface area (Å²) in [5.74, 6) is 0.695. The molecule has 0 aliphatic heterocycles. The van der Waals surface area contributed by atoms with Crippen molar-refractivity contribution in [2.24, 2.45) is 0 Å². The molecule has 0 unspecified atom stereocenters. The lowest BCUT2D eigenvalue weighted by Gasteiger charge is -2.12. The van der Waals surface area contributed by atoms with Crippen LogP contribution < -0.4 is 20.1 Å². The van der Waals surface area contributed by atoms with E-state index in [-0.39, 0.29) is 11.8 Å². The second kappa shape index (κ2) is 9.93. The molecule has 0 bridgehead atoms. The number of ether oxygens (including phenoxy) is 2. The van der Waals surface area contributed by atoms with E-state index in [0.29, 0.717) is 39.3 Å². The third kappa shape index (κ3) is 5.18. The van der Waals surface area contributed by atoms with Gasteiger partial charge in [-0.2, -0.15) is 0 Å². The molecule has 0 fully saturated rings. The number of nitrogens with one attached hydrogen (secondary N) is 2. The zero-order valence-electron chi connectivity index (χ0n) is 16.6. The molecular weight excluding hydrogens is 448 g/mol. The topological polar surface area (TPSA) is 76.7 Å². The first kappa shape index (κ1) is 21.4. The van der Waals surface area contributed by atoms with Gasteiger partial charge in [0.25, 0.3) is 11.8 Å². The smallest absolute Gasteiger partial charge is 0.257 e. The SMILES string of the molecule is CCOc1ccc(NC(=O)c2ccccc2NC(=O)c2ccc(OC)c(Br)c2)cc1. The van der Waals surface area contributed by atoms with E-state index < -0.39 is 0 Å². The normalized spacial score (nSPS) is 10.2. The first-order valence-electron chi connectivity index (χ1n) is 9.30. The Kier molecular flexibility index (Phi) is 7.08. The van der Waals surface area contributed by atoms with Gasteiger partial charge in [0.1, 0.15) is 11.5 Å². The molecule has 0 aliphatic rings. The molecule has 0 spiro atoms. The molecule has 154 valence electrons. The number of anilines is 2. The molecule has 3 aromatic rings. The average Bonchev–Trinajstić information content (AvgIpc) is 2.75. The maximum absolute atomic E-state index is 12.8. The maximum Gasteiger partial charge on any atom is 0.257 e. The molecule has 7 heteroatoms. The molecule has 3 rings (SSSR count). The van der Waals surface area contributed by atoms with E-state index in [1.165, 1.54) is 0 Å². The van der Waals surface area contributed by atoms with Crippen LogP contribution in [-0.2, 0) is 0 Å². The molecule has 2 amide bonds. The lowest BCUT2D eigenvalue weighted by atomic mass is 10.1. The highest BCUT2D eigenvalue weighted by molar-refractivity contribution is 9.10. The molecule has 0 saturated heterocycles. The molecule has 0 aromatic heterocycles. The van der Waals surface area contributed by atoms with Gasteiger partial charge in [0.05, 0.1) is 29.4 Å². The fraction of sp³-hybridized carbons (Fsp3) is 0.130. The van der Waals surface area contributed by atoms with Gasteiger partial charge in [-0.25, -0.2) is 0 Å². The highest BCUT2D eigenvalue weighted by atomic mass is 79.9. The van der Waals surface area contributed by atoms with Gasteiger partial charge < -0.3 is 20.1 Å². The van der Waals surface area contributed by atoms with E-state index in [4.69, 9.17) is 9.47 Å². The van der Waals surface area contributed by atoms with Crippen molar-refractivity contribution in [2.75, 3.05) is 24.4 Å². The van der Waals surface area contributed by atoms with Crippen LogP contribution >= 0.6 is 15.9 Å². The predicted octanol–water partition coefficient (Wildman–Crippen LogP) is 5.36. The number of hydrogen-bond acceptors (Lipinski definition) is 4. The van der Waals surface area contributed by atoms with Crippen molar-refractivity contribution in [2.45, 2.75) is 6.92 Å². The summed E-state index contributed by atoms with van der Waals surface area (Å²) >= 11 is 3.37. The van der Waals surface area contributed by atoms with Crippen LogP contribution in [0.1, 0.15) is 27.6 Å². The summed E-state index contributed by atoms with van der Waals surface area (Å²) < 4.78 is 11.3. The van der Waals surface area contributed by atoms with Crippen LogP contribution in [0.4, 0.5) is 11.4 Å². The van der Waals surface area contributed by atoms with Crippen molar-refractivity contribution in [3.05, 3.63) is 82.3 Å². The third-order valence-corrected chi connectivity index (χ3v) is 4.88. The minimum atomic E-state index is -0.334. The van der Waals surface area contributed by atoms with Crippen molar-refractivity contribution in [1.29, 1.82) is 0 Å². The summed E-state index contributed by atoms with van der Waals surface area (Å²) in [5, 5.41) is 5.64. The van der Waals surface area contributed by atoms with Crippen molar-refractivity contribution < 1.29 is 19.1 Å². The van der Waals surface area contributed by atoms with Crippen LogP contribution in [0, 0.1) is 0 Å². The van der Waals surface area contributed by atoms with Gasteiger partial charge in [0, 0.05) is 11.3 Å². The lowest BCUT2D eigenvalue weighted by molar-refractivity contribution is 0.102. The summed E-state index contributed by atoms with van der Waals surface area (Å²) in [6, 6.07) is 19.0. The minimum absolute atomic E-state index is 0.328. The van der Waals surface area contributed by atoms with Gasteiger partial charge in [0.15, 0.2) is 0 Å². The molecule has 0 radical (unpaired) electrons. The number of benzene rings is 3. The molecule has 3 aromatic carbocycles. The van der Waals surface area contributed by atoms with Crippen LogP contribution in [0.25, 0.3) is 0 Å². The molecular formula is C23H21BrN2O4. The largest absolute Gasteiger partial charge is 0.496 e. The number of carbonyl (C=O) groups excluding carboxylic acids is 2. The van der Waals surface area contributed by atoms with E-state index >= 15 is 0 Å². The summed E-state index contributed by atoms with van der Waals surface area (Å²) in [6.07, 6.45) is 0. The van der Waals surface area contributed by atoms with E-state index in [9.17, 15) is 9.59 Å². The number of para-hydroxylation sites is 1. The van der Waals surface area contributed by atoms with Crippen LogP contribution in [-0.4, -0.2) is 25.5 Å². The highest BCUT2D eigenvalue weighted by Crippen LogP contribution is 2.26. The maximum atomic E-state index is 12.8. The van der Waals surface area contributed by atoms with E-state index in [0.717, 1.165) is 5.75 Å². The van der Waals surface area contributed by atoms with Gasteiger partial charge in [-0.05, 0) is 77.5 Å². The van der Waals surface area contributed by atoms with Gasteiger partial charge in [-0.15, -0.1) is 0 Å². The molecule has 0 aliphatic carbocycles. The van der Waals surface area contributed by atoms with E-state index in [1.54, 1.807) is 73.8 Å². The van der Waals surface area contributed by atoms with E-state index in [2.05, 4.69) is 26.6 Å². The molecule has 0 heterocycles. The number of hydrogen-bond donors (Lipinski definition) is 2. The third-order valence-electron chi connectivity index (χ3n) is 4.26. The lowest BCUT2D eigenvalue weighted by Crippen LogP contribution is -2.18. The Morgan fingerprint density at radius 2 is 1.67 bits per heavy atom. The highest BCUT2D eigenvalue weighted by Gasteiger charge is 2.15. The summed E-state index contributed by atoms with van der Waals surface area (Å²) in [4.78, 5) is 25.5. The summed E-state index contributed by atoms with van der Waals surface area (Å²) in [7, 11) is 1.55. The summed E-state index contributed by atoms with van der Waals surface area (Å²) in [6.45, 7) is 2.48. The molecule has 0 atom stereocenters. The van der Waals surface area contributed by atoms with Crippen LogP contribution in [0.5, 0.6) is 11.5 Å². The van der Waals surface area contributed by atoms with Crippen LogP contribution in [0.3, 0.4) is 0 Å². The molecule has 2 N–H and O–H groups in total. The van der Waals surface area contributed by atoms with Crippen molar-refractivity contribution in [1.82, 2.24) is 0 Å². The summed E-state index contributed by atoms with van der Waals surface area (Å²) in [5.41, 5.74) is 1.83. The van der Waals surface area contributed by atoms with Gasteiger partial charge in [0.2, 0.25) is 0 Å². The van der Waals surface area contributed by atoms with Gasteiger partial charge in [-0.3, -0.25) is 9.59 Å². The zero-order valence-corrected chi connectivity index (χ0v) is 18.2. The number of amides is 2. The number of rotatable bonds is 7. The van der Waals surface area contributed by atoms with Crippen molar-refractivity contribution >= 4 is 39.1 Å². The van der Waals surface area contributed by atoms with Crippen LogP contribution in [0.2, 0.25) is 0 Å². The Hall–Kier alpha value is -3.32. The number of carbonyl (C=O) groups is 2. The quantitative estimate of drug-likeness (QED) is 0.489.